The number of anilines is 1. The molecule has 0 saturated carbocycles. The van der Waals surface area contributed by atoms with E-state index >= 15 is 0 Å². The molecule has 0 bridgehead atoms. The molecule has 0 unspecified atom stereocenters. The number of aromatic carboxylic acids is 2. The lowest BCUT2D eigenvalue weighted by Crippen LogP contribution is -2.29. The molecule has 7 nitrogen and oxygen atoms in total. The fourth-order valence-corrected chi connectivity index (χ4v) is 2.62. The molecule has 2 aromatic rings. The molecule has 0 spiro atoms. The van der Waals surface area contributed by atoms with Gasteiger partial charge in [-0.15, -0.1) is 0 Å². The first-order chi connectivity index (χ1) is 11.3. The Bertz CT molecular complexity index is 936. The second-order valence-electron chi connectivity index (χ2n) is 4.98. The fraction of sp³-hybridized carbons (Fsp3) is 0. The quantitative estimate of drug-likeness (QED) is 0.827. The summed E-state index contributed by atoms with van der Waals surface area (Å²) in [6.45, 7) is 0. The third-order valence-electron chi connectivity index (χ3n) is 3.57. The minimum atomic E-state index is -1.30. The molecule has 24 heavy (non-hydrogen) atoms. The van der Waals surface area contributed by atoms with E-state index in [9.17, 15) is 19.2 Å². The molecule has 0 aliphatic carbocycles. The molecule has 0 fully saturated rings. The second kappa shape index (κ2) is 5.47. The fourth-order valence-electron chi connectivity index (χ4n) is 2.42. The van der Waals surface area contributed by atoms with Crippen LogP contribution in [-0.4, -0.2) is 34.0 Å². The van der Waals surface area contributed by atoms with Gasteiger partial charge in [-0.1, -0.05) is 11.6 Å². The predicted octanol–water partition coefficient (Wildman–Crippen LogP) is 2.54. The Morgan fingerprint density at radius 1 is 0.875 bits per heavy atom. The summed E-state index contributed by atoms with van der Waals surface area (Å²) in [5, 5.41) is 18.1. The molecule has 1 aliphatic heterocycles. The lowest BCUT2D eigenvalue weighted by molar-refractivity contribution is 0.0686. The van der Waals surface area contributed by atoms with Crippen molar-refractivity contribution in [3.05, 3.63) is 63.7 Å². The van der Waals surface area contributed by atoms with Crippen molar-refractivity contribution < 1.29 is 29.4 Å². The second-order valence-corrected chi connectivity index (χ2v) is 5.39. The largest absolute Gasteiger partial charge is 0.478 e. The maximum atomic E-state index is 12.5. The molecule has 0 aromatic heterocycles. The smallest absolute Gasteiger partial charge is 0.337 e. The van der Waals surface area contributed by atoms with E-state index in [1.807, 2.05) is 0 Å². The molecule has 120 valence electrons. The van der Waals surface area contributed by atoms with Gasteiger partial charge in [-0.05, 0) is 36.4 Å². The number of carboxylic acids is 2. The molecule has 2 amide bonds. The van der Waals surface area contributed by atoms with Crippen LogP contribution in [0.2, 0.25) is 5.02 Å². The molecular weight excluding hydrogens is 338 g/mol. The number of nitrogens with zero attached hydrogens (tertiary/aromatic N) is 1. The average Bonchev–Trinajstić information content (AvgIpc) is 2.79. The summed E-state index contributed by atoms with van der Waals surface area (Å²) in [7, 11) is 0. The summed E-state index contributed by atoms with van der Waals surface area (Å²) < 4.78 is 0. The summed E-state index contributed by atoms with van der Waals surface area (Å²) in [4.78, 5) is 47.9. The van der Waals surface area contributed by atoms with Gasteiger partial charge < -0.3 is 10.2 Å². The van der Waals surface area contributed by atoms with Crippen LogP contribution < -0.4 is 4.90 Å². The highest BCUT2D eigenvalue weighted by Crippen LogP contribution is 2.31. The molecule has 3 rings (SSSR count). The maximum Gasteiger partial charge on any atom is 0.337 e. The molecule has 1 aliphatic rings. The van der Waals surface area contributed by atoms with Crippen LogP contribution in [0.4, 0.5) is 5.69 Å². The number of carbonyl (C=O) groups is 4. The van der Waals surface area contributed by atoms with Gasteiger partial charge in [-0.25, -0.2) is 14.5 Å². The number of carbonyl (C=O) groups excluding carboxylic acids is 2. The molecule has 2 N–H and O–H groups in total. The third kappa shape index (κ3) is 2.31. The van der Waals surface area contributed by atoms with Gasteiger partial charge in [0, 0.05) is 0 Å². The summed E-state index contributed by atoms with van der Waals surface area (Å²) >= 11 is 5.78. The third-order valence-corrected chi connectivity index (χ3v) is 3.90. The molecule has 0 saturated heterocycles. The van der Waals surface area contributed by atoms with E-state index in [1.165, 1.54) is 24.3 Å². The number of amides is 2. The minimum Gasteiger partial charge on any atom is -0.478 e. The predicted molar refractivity (Wildman–Crippen MR) is 83.0 cm³/mol. The first-order valence-electron chi connectivity index (χ1n) is 6.60. The lowest BCUT2D eigenvalue weighted by atomic mass is 10.1. The summed E-state index contributed by atoms with van der Waals surface area (Å²) in [5.74, 6) is -3.91. The number of fused-ring (bicyclic) bond motifs is 1. The Kier molecular flexibility index (Phi) is 3.57. The van der Waals surface area contributed by atoms with Crippen LogP contribution in [0.15, 0.2) is 36.4 Å². The van der Waals surface area contributed by atoms with Crippen LogP contribution in [0, 0.1) is 0 Å². The van der Waals surface area contributed by atoms with Crippen molar-refractivity contribution >= 4 is 41.0 Å². The highest BCUT2D eigenvalue weighted by Gasteiger charge is 2.37. The number of rotatable bonds is 3. The zero-order valence-electron chi connectivity index (χ0n) is 11.8. The minimum absolute atomic E-state index is 0.0315. The van der Waals surface area contributed by atoms with E-state index in [-0.39, 0.29) is 33.0 Å². The number of carboxylic acid groups (broad SMARTS) is 2. The van der Waals surface area contributed by atoms with Crippen molar-refractivity contribution in [3.63, 3.8) is 0 Å². The van der Waals surface area contributed by atoms with Crippen molar-refractivity contribution in [2.75, 3.05) is 4.90 Å². The molecular formula is C16H8ClNO6. The first-order valence-corrected chi connectivity index (χ1v) is 6.98. The van der Waals surface area contributed by atoms with Gasteiger partial charge in [-0.2, -0.15) is 0 Å². The van der Waals surface area contributed by atoms with Crippen LogP contribution in [-0.2, 0) is 0 Å². The Morgan fingerprint density at radius 2 is 1.54 bits per heavy atom. The van der Waals surface area contributed by atoms with E-state index in [0.717, 1.165) is 17.0 Å². The molecule has 0 radical (unpaired) electrons. The Hall–Kier alpha value is -3.19. The average molecular weight is 346 g/mol. The van der Waals surface area contributed by atoms with Crippen molar-refractivity contribution in [2.45, 2.75) is 0 Å². The van der Waals surface area contributed by atoms with Gasteiger partial charge in [0.25, 0.3) is 11.8 Å². The summed E-state index contributed by atoms with van der Waals surface area (Å²) in [6.07, 6.45) is 0. The molecule has 8 heteroatoms. The summed E-state index contributed by atoms with van der Waals surface area (Å²) in [6, 6.07) is 7.32. The van der Waals surface area contributed by atoms with Crippen LogP contribution in [0.5, 0.6) is 0 Å². The number of imide groups is 1. The first kappa shape index (κ1) is 15.7. The van der Waals surface area contributed by atoms with Gasteiger partial charge in [0.2, 0.25) is 0 Å². The van der Waals surface area contributed by atoms with E-state index in [4.69, 9.17) is 21.8 Å². The molecule has 2 aromatic carbocycles. The highest BCUT2D eigenvalue weighted by atomic mass is 35.5. The summed E-state index contributed by atoms with van der Waals surface area (Å²) in [5.41, 5.74) is -0.334. The Labute approximate surface area is 139 Å². The maximum absolute atomic E-state index is 12.5. The number of benzene rings is 2. The van der Waals surface area contributed by atoms with Crippen LogP contribution in [0.3, 0.4) is 0 Å². The van der Waals surface area contributed by atoms with Gasteiger partial charge >= 0.3 is 11.9 Å². The number of halogens is 1. The van der Waals surface area contributed by atoms with Crippen molar-refractivity contribution in [3.8, 4) is 0 Å². The molecule has 0 atom stereocenters. The van der Waals surface area contributed by atoms with Gasteiger partial charge in [0.15, 0.2) is 0 Å². The van der Waals surface area contributed by atoms with E-state index in [2.05, 4.69) is 0 Å². The molecule has 1 heterocycles. The van der Waals surface area contributed by atoms with E-state index in [0.29, 0.717) is 0 Å². The van der Waals surface area contributed by atoms with Crippen LogP contribution >= 0.6 is 11.6 Å². The standard InChI is InChI=1S/C16H8ClNO6/c17-12-4-2-8(6-11(12)16(23)24)18-13(19)9-3-1-7(15(21)22)5-10(9)14(18)20/h1-6H,(H,21,22)(H,23,24). The van der Waals surface area contributed by atoms with E-state index < -0.39 is 23.8 Å². The monoisotopic (exact) mass is 345 g/mol. The van der Waals surface area contributed by atoms with Crippen molar-refractivity contribution in [2.24, 2.45) is 0 Å². The SMILES string of the molecule is O=C(O)c1ccc2c(c1)C(=O)N(c1ccc(Cl)c(C(=O)O)c1)C2=O. The van der Waals surface area contributed by atoms with Gasteiger partial charge in [0.05, 0.1) is 33.0 Å². The van der Waals surface area contributed by atoms with Crippen molar-refractivity contribution in [1.29, 1.82) is 0 Å². The van der Waals surface area contributed by atoms with Gasteiger partial charge in [0.1, 0.15) is 0 Å². The lowest BCUT2D eigenvalue weighted by Gasteiger charge is -2.14. The van der Waals surface area contributed by atoms with Crippen LogP contribution in [0.25, 0.3) is 0 Å². The van der Waals surface area contributed by atoms with Crippen LogP contribution in [0.1, 0.15) is 41.4 Å². The van der Waals surface area contributed by atoms with Gasteiger partial charge in [-0.3, -0.25) is 9.59 Å². The Balaban J connectivity index is 2.10. The van der Waals surface area contributed by atoms with E-state index in [1.54, 1.807) is 0 Å². The number of hydrogen-bond acceptors (Lipinski definition) is 4. The normalized spacial score (nSPS) is 13.1. The zero-order valence-corrected chi connectivity index (χ0v) is 12.6. The number of hydrogen-bond donors (Lipinski definition) is 2. The topological polar surface area (TPSA) is 112 Å². The Morgan fingerprint density at radius 3 is 2.17 bits per heavy atom. The highest BCUT2D eigenvalue weighted by molar-refractivity contribution is 6.36. The van der Waals surface area contributed by atoms with Crippen molar-refractivity contribution in [1.82, 2.24) is 0 Å². The zero-order chi connectivity index (χ0) is 17.6.